The van der Waals surface area contributed by atoms with Crippen molar-refractivity contribution in [1.29, 1.82) is 0 Å². The Morgan fingerprint density at radius 3 is 2.94 bits per heavy atom. The van der Waals surface area contributed by atoms with E-state index in [1.807, 2.05) is 5.38 Å². The van der Waals surface area contributed by atoms with Crippen molar-refractivity contribution in [3.05, 3.63) is 16.6 Å². The highest BCUT2D eigenvalue weighted by molar-refractivity contribution is 7.07. The van der Waals surface area contributed by atoms with Gasteiger partial charge in [0.2, 0.25) is 0 Å². The third-order valence-electron chi connectivity index (χ3n) is 3.00. The monoisotopic (exact) mass is 240 g/mol. The van der Waals surface area contributed by atoms with E-state index in [-0.39, 0.29) is 5.91 Å². The van der Waals surface area contributed by atoms with Gasteiger partial charge in [-0.05, 0) is 25.7 Å². The second-order valence-electron chi connectivity index (χ2n) is 4.22. The molecule has 1 aromatic heterocycles. The Labute approximate surface area is 98.7 Å². The molecule has 0 unspecified atom stereocenters. The zero-order valence-corrected chi connectivity index (χ0v) is 9.92. The molecule has 16 heavy (non-hydrogen) atoms. The van der Waals surface area contributed by atoms with Crippen molar-refractivity contribution in [3.8, 4) is 0 Å². The SMILES string of the molecule is O=C(NCCc1cscn1)C1(O)CCCC1. The number of nitrogens with one attached hydrogen (secondary N) is 1. The van der Waals surface area contributed by atoms with Crippen LogP contribution in [0.15, 0.2) is 10.9 Å². The maximum absolute atomic E-state index is 11.7. The van der Waals surface area contributed by atoms with Crippen molar-refractivity contribution in [3.63, 3.8) is 0 Å². The van der Waals surface area contributed by atoms with E-state index in [1.54, 1.807) is 16.8 Å². The maximum Gasteiger partial charge on any atom is 0.251 e. The second kappa shape index (κ2) is 4.93. The van der Waals surface area contributed by atoms with Crippen molar-refractivity contribution < 1.29 is 9.90 Å². The lowest BCUT2D eigenvalue weighted by Crippen LogP contribution is -2.45. The minimum Gasteiger partial charge on any atom is -0.380 e. The summed E-state index contributed by atoms with van der Waals surface area (Å²) in [5, 5.41) is 14.7. The van der Waals surface area contributed by atoms with Gasteiger partial charge in [-0.1, -0.05) is 0 Å². The summed E-state index contributed by atoms with van der Waals surface area (Å²) in [6, 6.07) is 0. The van der Waals surface area contributed by atoms with Gasteiger partial charge < -0.3 is 10.4 Å². The van der Waals surface area contributed by atoms with E-state index in [9.17, 15) is 9.90 Å². The van der Waals surface area contributed by atoms with Gasteiger partial charge in [0.05, 0.1) is 11.2 Å². The molecule has 1 aliphatic rings. The van der Waals surface area contributed by atoms with Crippen molar-refractivity contribution in [1.82, 2.24) is 10.3 Å². The lowest BCUT2D eigenvalue weighted by Gasteiger charge is -2.20. The summed E-state index contributed by atoms with van der Waals surface area (Å²) in [6.45, 7) is 0.547. The van der Waals surface area contributed by atoms with Crippen LogP contribution in [0.5, 0.6) is 0 Å². The molecule has 0 atom stereocenters. The van der Waals surface area contributed by atoms with Crippen LogP contribution in [-0.2, 0) is 11.2 Å². The molecule has 0 radical (unpaired) electrons. The molecule has 4 nitrogen and oxygen atoms in total. The third kappa shape index (κ3) is 2.59. The van der Waals surface area contributed by atoms with Crippen LogP contribution < -0.4 is 5.32 Å². The Morgan fingerprint density at radius 1 is 1.56 bits per heavy atom. The van der Waals surface area contributed by atoms with Gasteiger partial charge in [-0.3, -0.25) is 4.79 Å². The van der Waals surface area contributed by atoms with Gasteiger partial charge in [0.15, 0.2) is 0 Å². The summed E-state index contributed by atoms with van der Waals surface area (Å²) in [5.41, 5.74) is 1.66. The van der Waals surface area contributed by atoms with Crippen LogP contribution >= 0.6 is 11.3 Å². The lowest BCUT2D eigenvalue weighted by molar-refractivity contribution is -0.139. The third-order valence-corrected chi connectivity index (χ3v) is 3.64. The number of aliphatic hydroxyl groups is 1. The van der Waals surface area contributed by atoms with Gasteiger partial charge in [0.25, 0.3) is 5.91 Å². The molecule has 0 aromatic carbocycles. The molecular weight excluding hydrogens is 224 g/mol. The van der Waals surface area contributed by atoms with Gasteiger partial charge in [0.1, 0.15) is 5.60 Å². The molecule has 0 saturated heterocycles. The molecule has 1 heterocycles. The van der Waals surface area contributed by atoms with Crippen molar-refractivity contribution >= 4 is 17.2 Å². The first kappa shape index (κ1) is 11.5. The average Bonchev–Trinajstić information content (AvgIpc) is 2.90. The molecular formula is C11H16N2O2S. The van der Waals surface area contributed by atoms with Crippen LogP contribution in [0.2, 0.25) is 0 Å². The summed E-state index contributed by atoms with van der Waals surface area (Å²) in [5.74, 6) is -0.222. The fraction of sp³-hybridized carbons (Fsp3) is 0.636. The highest BCUT2D eigenvalue weighted by Gasteiger charge is 2.38. The van der Waals surface area contributed by atoms with Crippen LogP contribution in [0.3, 0.4) is 0 Å². The molecule has 1 fully saturated rings. The maximum atomic E-state index is 11.7. The van der Waals surface area contributed by atoms with E-state index >= 15 is 0 Å². The summed E-state index contributed by atoms with van der Waals surface area (Å²) in [4.78, 5) is 15.8. The van der Waals surface area contributed by atoms with E-state index in [0.29, 0.717) is 19.4 Å². The van der Waals surface area contributed by atoms with Gasteiger partial charge >= 0.3 is 0 Å². The zero-order valence-electron chi connectivity index (χ0n) is 9.11. The van der Waals surface area contributed by atoms with Gasteiger partial charge in [-0.2, -0.15) is 0 Å². The number of amides is 1. The van der Waals surface area contributed by atoms with Crippen molar-refractivity contribution in [2.45, 2.75) is 37.7 Å². The molecule has 1 aliphatic carbocycles. The molecule has 88 valence electrons. The fourth-order valence-corrected chi connectivity index (χ4v) is 2.61. The van der Waals surface area contributed by atoms with Gasteiger partial charge in [-0.25, -0.2) is 4.98 Å². The van der Waals surface area contributed by atoms with Gasteiger partial charge in [-0.15, -0.1) is 11.3 Å². The highest BCUT2D eigenvalue weighted by atomic mass is 32.1. The van der Waals surface area contributed by atoms with E-state index in [1.165, 1.54) is 0 Å². The van der Waals surface area contributed by atoms with Crippen LogP contribution in [0.25, 0.3) is 0 Å². The first-order valence-corrected chi connectivity index (χ1v) is 6.53. The molecule has 0 bridgehead atoms. The first-order chi connectivity index (χ1) is 7.71. The fourth-order valence-electron chi connectivity index (χ4n) is 2.02. The summed E-state index contributed by atoms with van der Waals surface area (Å²) >= 11 is 1.55. The lowest BCUT2D eigenvalue weighted by atomic mass is 10.0. The van der Waals surface area contributed by atoms with Crippen LogP contribution in [0.1, 0.15) is 31.4 Å². The highest BCUT2D eigenvalue weighted by Crippen LogP contribution is 2.29. The number of hydrogen-bond acceptors (Lipinski definition) is 4. The molecule has 0 spiro atoms. The topological polar surface area (TPSA) is 62.2 Å². The van der Waals surface area contributed by atoms with Crippen LogP contribution in [0.4, 0.5) is 0 Å². The quantitative estimate of drug-likeness (QED) is 0.828. The Balaban J connectivity index is 1.75. The van der Waals surface area contributed by atoms with Crippen LogP contribution in [-0.4, -0.2) is 28.1 Å². The number of rotatable bonds is 4. The van der Waals surface area contributed by atoms with E-state index in [2.05, 4.69) is 10.3 Å². The molecule has 1 saturated carbocycles. The average molecular weight is 240 g/mol. The second-order valence-corrected chi connectivity index (χ2v) is 4.94. The minimum atomic E-state index is -1.11. The predicted octanol–water partition coefficient (Wildman–Crippen LogP) is 1.11. The van der Waals surface area contributed by atoms with Crippen molar-refractivity contribution in [2.24, 2.45) is 0 Å². The van der Waals surface area contributed by atoms with E-state index in [4.69, 9.17) is 0 Å². The van der Waals surface area contributed by atoms with Crippen LogP contribution in [0, 0.1) is 0 Å². The van der Waals surface area contributed by atoms with Crippen molar-refractivity contribution in [2.75, 3.05) is 6.54 Å². The Morgan fingerprint density at radius 2 is 2.31 bits per heavy atom. The molecule has 5 heteroatoms. The van der Waals surface area contributed by atoms with Gasteiger partial charge in [0, 0.05) is 18.3 Å². The number of carbonyl (C=O) groups excluding carboxylic acids is 1. The molecule has 2 N–H and O–H groups in total. The minimum absolute atomic E-state index is 0.222. The zero-order chi connectivity index (χ0) is 11.4. The number of nitrogens with zero attached hydrogens (tertiary/aromatic N) is 1. The summed E-state index contributed by atoms with van der Waals surface area (Å²) in [6.07, 6.45) is 3.79. The standard InChI is InChI=1S/C11H16N2O2S/c14-10(11(15)4-1-2-5-11)12-6-3-9-7-16-8-13-9/h7-8,15H,1-6H2,(H,12,14). The molecule has 1 aromatic rings. The Hall–Kier alpha value is -0.940. The smallest absolute Gasteiger partial charge is 0.251 e. The van der Waals surface area contributed by atoms with E-state index < -0.39 is 5.60 Å². The molecule has 2 rings (SSSR count). The Bertz CT molecular complexity index is 345. The first-order valence-electron chi connectivity index (χ1n) is 5.58. The molecule has 1 amide bonds. The largest absolute Gasteiger partial charge is 0.380 e. The number of hydrogen-bond donors (Lipinski definition) is 2. The predicted molar refractivity (Wildman–Crippen MR) is 62.2 cm³/mol. The van der Waals surface area contributed by atoms with E-state index in [0.717, 1.165) is 25.0 Å². The number of carbonyl (C=O) groups is 1. The number of aromatic nitrogens is 1. The summed E-state index contributed by atoms with van der Waals surface area (Å²) in [7, 11) is 0. The molecule has 0 aliphatic heterocycles. The normalized spacial score (nSPS) is 18.6. The Kier molecular flexibility index (Phi) is 3.56. The number of thiazole rings is 1. The summed E-state index contributed by atoms with van der Waals surface area (Å²) < 4.78 is 0.